The minimum absolute atomic E-state index is 0.359. The quantitative estimate of drug-likeness (QED) is 0.695. The Morgan fingerprint density at radius 3 is 2.68 bits per heavy atom. The second-order valence-electron chi connectivity index (χ2n) is 6.44. The molecule has 0 fully saturated rings. The summed E-state index contributed by atoms with van der Waals surface area (Å²) in [5.41, 5.74) is 0.359. The lowest BCUT2D eigenvalue weighted by Crippen LogP contribution is -2.30. The van der Waals surface area contributed by atoms with Crippen LogP contribution in [-0.2, 0) is 6.54 Å². The molecule has 0 amide bonds. The van der Waals surface area contributed by atoms with Crippen LogP contribution in [-0.4, -0.2) is 21.3 Å². The van der Waals surface area contributed by atoms with Crippen molar-refractivity contribution in [3.05, 3.63) is 12.2 Å². The Balaban J connectivity index is 2.34. The minimum Gasteiger partial charge on any atom is -0.309 e. The van der Waals surface area contributed by atoms with Crippen LogP contribution in [0.25, 0.3) is 0 Å². The van der Waals surface area contributed by atoms with Crippen LogP contribution in [0, 0.1) is 5.41 Å². The summed E-state index contributed by atoms with van der Waals surface area (Å²) in [4.78, 5) is 4.32. The first-order valence-electron chi connectivity index (χ1n) is 7.55. The Morgan fingerprint density at radius 1 is 1.32 bits per heavy atom. The molecule has 0 unspecified atom stereocenters. The average Bonchev–Trinajstić information content (AvgIpc) is 2.77. The van der Waals surface area contributed by atoms with Crippen molar-refractivity contribution < 1.29 is 0 Å². The van der Waals surface area contributed by atoms with Gasteiger partial charge in [0.1, 0.15) is 12.2 Å². The van der Waals surface area contributed by atoms with E-state index in [0.29, 0.717) is 11.5 Å². The molecule has 1 N–H and O–H groups in total. The molecule has 19 heavy (non-hydrogen) atoms. The van der Waals surface area contributed by atoms with Crippen molar-refractivity contribution in [1.82, 2.24) is 20.1 Å². The standard InChI is InChI=1S/C15H30N4/c1-6-7-8-9-15(4,5)11-16-10-14-17-12-18-19(14)13(2)3/h12-13,16H,6-11H2,1-5H3. The molecular weight excluding hydrogens is 236 g/mol. The van der Waals surface area contributed by atoms with Crippen molar-refractivity contribution in [1.29, 1.82) is 0 Å². The lowest BCUT2D eigenvalue weighted by molar-refractivity contribution is 0.299. The molecule has 0 saturated heterocycles. The highest BCUT2D eigenvalue weighted by Crippen LogP contribution is 2.22. The van der Waals surface area contributed by atoms with Crippen LogP contribution in [0.15, 0.2) is 6.33 Å². The molecule has 0 spiro atoms. The molecule has 0 aliphatic rings. The first-order valence-corrected chi connectivity index (χ1v) is 7.55. The molecule has 1 heterocycles. The monoisotopic (exact) mass is 266 g/mol. The van der Waals surface area contributed by atoms with Gasteiger partial charge in [-0.2, -0.15) is 5.10 Å². The Labute approximate surface area is 118 Å². The van der Waals surface area contributed by atoms with Gasteiger partial charge in [-0.3, -0.25) is 0 Å². The van der Waals surface area contributed by atoms with E-state index in [9.17, 15) is 0 Å². The molecule has 0 bridgehead atoms. The van der Waals surface area contributed by atoms with Crippen molar-refractivity contribution in [3.63, 3.8) is 0 Å². The van der Waals surface area contributed by atoms with Crippen molar-refractivity contribution in [2.45, 2.75) is 72.9 Å². The van der Waals surface area contributed by atoms with Gasteiger partial charge in [-0.1, -0.05) is 40.0 Å². The number of hydrogen-bond donors (Lipinski definition) is 1. The molecule has 4 nitrogen and oxygen atoms in total. The molecule has 1 aromatic heterocycles. The molecule has 110 valence electrons. The van der Waals surface area contributed by atoms with Gasteiger partial charge in [0.2, 0.25) is 0 Å². The first-order chi connectivity index (χ1) is 8.96. The Hall–Kier alpha value is -0.900. The van der Waals surface area contributed by atoms with E-state index in [4.69, 9.17) is 0 Å². The maximum Gasteiger partial charge on any atom is 0.141 e. The van der Waals surface area contributed by atoms with Crippen LogP contribution in [0.5, 0.6) is 0 Å². The molecular formula is C15H30N4. The number of nitrogens with one attached hydrogen (secondary N) is 1. The van der Waals surface area contributed by atoms with Crippen molar-refractivity contribution >= 4 is 0 Å². The topological polar surface area (TPSA) is 42.7 Å². The Kier molecular flexibility index (Phi) is 6.49. The maximum absolute atomic E-state index is 4.32. The molecule has 0 saturated carbocycles. The molecule has 0 aliphatic heterocycles. The summed E-state index contributed by atoms with van der Waals surface area (Å²) in [5, 5.41) is 7.78. The summed E-state index contributed by atoms with van der Waals surface area (Å²) in [6, 6.07) is 0.372. The van der Waals surface area contributed by atoms with E-state index in [0.717, 1.165) is 18.9 Å². The fourth-order valence-corrected chi connectivity index (χ4v) is 2.29. The average molecular weight is 266 g/mol. The van der Waals surface area contributed by atoms with E-state index in [1.54, 1.807) is 6.33 Å². The maximum atomic E-state index is 4.32. The lowest BCUT2D eigenvalue weighted by atomic mass is 9.87. The van der Waals surface area contributed by atoms with E-state index in [-0.39, 0.29) is 0 Å². The largest absolute Gasteiger partial charge is 0.309 e. The van der Waals surface area contributed by atoms with Crippen molar-refractivity contribution in [2.24, 2.45) is 5.41 Å². The first kappa shape index (κ1) is 16.2. The number of nitrogens with zero attached hydrogens (tertiary/aromatic N) is 3. The van der Waals surface area contributed by atoms with Crippen LogP contribution in [0.4, 0.5) is 0 Å². The third kappa shape index (κ3) is 5.72. The molecule has 1 rings (SSSR count). The van der Waals surface area contributed by atoms with E-state index in [2.05, 4.69) is 50.0 Å². The summed E-state index contributed by atoms with van der Waals surface area (Å²) in [6.45, 7) is 13.0. The lowest BCUT2D eigenvalue weighted by Gasteiger charge is -2.25. The van der Waals surface area contributed by atoms with Gasteiger partial charge < -0.3 is 5.32 Å². The van der Waals surface area contributed by atoms with Gasteiger partial charge in [0, 0.05) is 12.6 Å². The molecule has 0 radical (unpaired) electrons. The smallest absolute Gasteiger partial charge is 0.141 e. The predicted octanol–water partition coefficient (Wildman–Crippen LogP) is 3.56. The second kappa shape index (κ2) is 7.63. The van der Waals surface area contributed by atoms with E-state index >= 15 is 0 Å². The normalized spacial score (nSPS) is 12.3. The van der Waals surface area contributed by atoms with Crippen molar-refractivity contribution in [2.75, 3.05) is 6.54 Å². The zero-order chi connectivity index (χ0) is 14.3. The van der Waals surface area contributed by atoms with Gasteiger partial charge in [-0.25, -0.2) is 9.67 Å². The van der Waals surface area contributed by atoms with Crippen LogP contribution in [0.3, 0.4) is 0 Å². The van der Waals surface area contributed by atoms with E-state index in [1.807, 2.05) is 4.68 Å². The summed E-state index contributed by atoms with van der Waals surface area (Å²) >= 11 is 0. The summed E-state index contributed by atoms with van der Waals surface area (Å²) in [6.07, 6.45) is 6.88. The van der Waals surface area contributed by atoms with Crippen LogP contribution < -0.4 is 5.32 Å². The highest BCUT2D eigenvalue weighted by molar-refractivity contribution is 4.86. The fourth-order valence-electron chi connectivity index (χ4n) is 2.29. The molecule has 4 heteroatoms. The Bertz CT molecular complexity index is 355. The zero-order valence-electron chi connectivity index (χ0n) is 13.2. The van der Waals surface area contributed by atoms with Gasteiger partial charge in [0.25, 0.3) is 0 Å². The number of hydrogen-bond acceptors (Lipinski definition) is 3. The molecule has 0 aromatic carbocycles. The van der Waals surface area contributed by atoms with Crippen LogP contribution >= 0.6 is 0 Å². The van der Waals surface area contributed by atoms with E-state index in [1.165, 1.54) is 25.7 Å². The molecule has 0 atom stereocenters. The number of aromatic nitrogens is 3. The molecule has 0 aliphatic carbocycles. The Morgan fingerprint density at radius 2 is 2.05 bits per heavy atom. The fraction of sp³-hybridized carbons (Fsp3) is 0.867. The van der Waals surface area contributed by atoms with E-state index < -0.39 is 0 Å². The van der Waals surface area contributed by atoms with Gasteiger partial charge in [-0.05, 0) is 25.7 Å². The van der Waals surface area contributed by atoms with Gasteiger partial charge in [0.15, 0.2) is 0 Å². The molecule has 1 aromatic rings. The van der Waals surface area contributed by atoms with Crippen LogP contribution in [0.2, 0.25) is 0 Å². The third-order valence-corrected chi connectivity index (χ3v) is 3.48. The zero-order valence-corrected chi connectivity index (χ0v) is 13.2. The summed E-state index contributed by atoms with van der Waals surface area (Å²) in [7, 11) is 0. The summed E-state index contributed by atoms with van der Waals surface area (Å²) < 4.78 is 1.98. The van der Waals surface area contributed by atoms with Gasteiger partial charge >= 0.3 is 0 Å². The second-order valence-corrected chi connectivity index (χ2v) is 6.44. The van der Waals surface area contributed by atoms with Gasteiger partial charge in [0.05, 0.1) is 6.54 Å². The highest BCUT2D eigenvalue weighted by atomic mass is 15.3. The number of rotatable bonds is 9. The highest BCUT2D eigenvalue weighted by Gasteiger charge is 2.17. The number of unbranched alkanes of at least 4 members (excludes halogenated alkanes) is 2. The summed E-state index contributed by atoms with van der Waals surface area (Å²) in [5.74, 6) is 1.03. The van der Waals surface area contributed by atoms with Gasteiger partial charge in [-0.15, -0.1) is 0 Å². The SMILES string of the molecule is CCCCCC(C)(C)CNCc1ncnn1C(C)C. The van der Waals surface area contributed by atoms with Crippen molar-refractivity contribution in [3.8, 4) is 0 Å². The minimum atomic E-state index is 0.359. The van der Waals surface area contributed by atoms with Crippen LogP contribution in [0.1, 0.15) is 72.2 Å². The third-order valence-electron chi connectivity index (χ3n) is 3.48. The predicted molar refractivity (Wildman–Crippen MR) is 80.0 cm³/mol.